The number of rotatable bonds is 1. The van der Waals surface area contributed by atoms with E-state index in [-0.39, 0.29) is 18.3 Å². The van der Waals surface area contributed by atoms with Gasteiger partial charge in [-0.15, -0.1) is 0 Å². The molecule has 1 aromatic carbocycles. The number of carbonyl (C=O) groups is 1. The van der Waals surface area contributed by atoms with Gasteiger partial charge in [0.05, 0.1) is 12.5 Å². The van der Waals surface area contributed by atoms with Crippen LogP contribution in [0.4, 0.5) is 8.78 Å². The largest absolute Gasteiger partial charge is 0.369 e. The minimum atomic E-state index is -0.694. The van der Waals surface area contributed by atoms with Crippen molar-refractivity contribution >= 4 is 11.9 Å². The van der Waals surface area contributed by atoms with Crippen molar-refractivity contribution in [1.82, 2.24) is 4.90 Å². The Bertz CT molecular complexity index is 481. The highest BCUT2D eigenvalue weighted by Gasteiger charge is 2.26. The molecular formula is C11H11F2N3O. The van der Waals surface area contributed by atoms with Gasteiger partial charge >= 0.3 is 0 Å². The average Bonchev–Trinajstić information content (AvgIpc) is 2.23. The first-order valence-corrected chi connectivity index (χ1v) is 5.03. The van der Waals surface area contributed by atoms with E-state index in [0.717, 1.165) is 18.2 Å². The predicted molar refractivity (Wildman–Crippen MR) is 58.1 cm³/mol. The molecule has 0 spiro atoms. The van der Waals surface area contributed by atoms with Gasteiger partial charge in [-0.25, -0.2) is 13.8 Å². The van der Waals surface area contributed by atoms with Crippen LogP contribution in [0.2, 0.25) is 0 Å². The second-order valence-corrected chi connectivity index (χ2v) is 3.86. The highest BCUT2D eigenvalue weighted by Crippen LogP contribution is 2.26. The van der Waals surface area contributed by atoms with Crippen molar-refractivity contribution < 1.29 is 13.6 Å². The molecule has 2 N–H and O–H groups in total. The van der Waals surface area contributed by atoms with E-state index >= 15 is 0 Å². The summed E-state index contributed by atoms with van der Waals surface area (Å²) in [6, 6.07) is 2.46. The number of hydrogen-bond donors (Lipinski definition) is 1. The molecule has 1 aliphatic rings. The molecule has 0 saturated carbocycles. The van der Waals surface area contributed by atoms with Gasteiger partial charge in [-0.3, -0.25) is 9.69 Å². The fourth-order valence-corrected chi connectivity index (χ4v) is 1.68. The van der Waals surface area contributed by atoms with E-state index in [1.165, 1.54) is 11.9 Å². The van der Waals surface area contributed by atoms with Gasteiger partial charge in [0.15, 0.2) is 5.96 Å². The summed E-state index contributed by atoms with van der Waals surface area (Å²) in [4.78, 5) is 16.8. The van der Waals surface area contributed by atoms with E-state index in [2.05, 4.69) is 4.99 Å². The first-order chi connectivity index (χ1) is 7.97. The van der Waals surface area contributed by atoms with Gasteiger partial charge in [0.25, 0.3) is 0 Å². The third kappa shape index (κ3) is 2.25. The van der Waals surface area contributed by atoms with Crippen molar-refractivity contribution in [3.05, 3.63) is 35.4 Å². The lowest BCUT2D eigenvalue weighted by molar-refractivity contribution is -0.127. The SMILES string of the molecule is CN1C(=O)CC(c2cc(F)cc(F)c2)N=C1N. The Hall–Kier alpha value is -1.98. The van der Waals surface area contributed by atoms with E-state index in [1.54, 1.807) is 0 Å². The first kappa shape index (κ1) is 11.5. The quantitative estimate of drug-likeness (QED) is 0.800. The summed E-state index contributed by atoms with van der Waals surface area (Å²) in [5.74, 6) is -1.57. The van der Waals surface area contributed by atoms with Crippen LogP contribution in [-0.2, 0) is 4.79 Å². The highest BCUT2D eigenvalue weighted by atomic mass is 19.1. The number of hydrogen-bond acceptors (Lipinski definition) is 3. The summed E-state index contributed by atoms with van der Waals surface area (Å²) in [7, 11) is 1.50. The Morgan fingerprint density at radius 1 is 1.35 bits per heavy atom. The van der Waals surface area contributed by atoms with Crippen LogP contribution in [0.15, 0.2) is 23.2 Å². The van der Waals surface area contributed by atoms with Crippen LogP contribution in [0, 0.1) is 11.6 Å². The minimum absolute atomic E-state index is 0.0518. The van der Waals surface area contributed by atoms with Gasteiger partial charge in [0.1, 0.15) is 11.6 Å². The number of amides is 1. The molecule has 0 saturated heterocycles. The average molecular weight is 239 g/mol. The number of nitrogens with two attached hydrogens (primary N) is 1. The number of aliphatic imine (C=N–C) groups is 1. The van der Waals surface area contributed by atoms with Gasteiger partial charge in [0, 0.05) is 13.1 Å². The van der Waals surface area contributed by atoms with Crippen molar-refractivity contribution in [2.24, 2.45) is 10.7 Å². The molecule has 0 aromatic heterocycles. The van der Waals surface area contributed by atoms with Gasteiger partial charge in [0.2, 0.25) is 5.91 Å². The maximum atomic E-state index is 13.0. The Kier molecular flexibility index (Phi) is 2.79. The summed E-state index contributed by atoms with van der Waals surface area (Å²) >= 11 is 0. The summed E-state index contributed by atoms with van der Waals surface area (Å²) in [5, 5.41) is 0. The van der Waals surface area contributed by atoms with Gasteiger partial charge in [-0.2, -0.15) is 0 Å². The normalized spacial score (nSPS) is 20.4. The van der Waals surface area contributed by atoms with Gasteiger partial charge in [-0.05, 0) is 17.7 Å². The maximum Gasteiger partial charge on any atom is 0.231 e. The lowest BCUT2D eigenvalue weighted by atomic mass is 10.0. The zero-order chi connectivity index (χ0) is 12.6. The molecule has 1 unspecified atom stereocenters. The molecule has 6 heteroatoms. The molecule has 1 amide bonds. The van der Waals surface area contributed by atoms with Crippen molar-refractivity contribution in [3.63, 3.8) is 0 Å². The Labute approximate surface area is 96.7 Å². The van der Waals surface area contributed by atoms with E-state index in [9.17, 15) is 13.6 Å². The Balaban J connectivity index is 2.38. The van der Waals surface area contributed by atoms with Crippen molar-refractivity contribution in [1.29, 1.82) is 0 Å². The molecule has 1 atom stereocenters. The molecule has 0 aliphatic carbocycles. The summed E-state index contributed by atoms with van der Waals surface area (Å²) in [5.41, 5.74) is 5.85. The smallest absolute Gasteiger partial charge is 0.231 e. The summed E-state index contributed by atoms with van der Waals surface area (Å²) in [6.07, 6.45) is 0.0556. The third-order valence-electron chi connectivity index (χ3n) is 2.64. The monoisotopic (exact) mass is 239 g/mol. The van der Waals surface area contributed by atoms with Crippen LogP contribution in [0.5, 0.6) is 0 Å². The fourth-order valence-electron chi connectivity index (χ4n) is 1.68. The van der Waals surface area contributed by atoms with Crippen LogP contribution < -0.4 is 5.73 Å². The lowest BCUT2D eigenvalue weighted by Gasteiger charge is -2.25. The molecule has 90 valence electrons. The molecule has 0 bridgehead atoms. The number of nitrogens with zero attached hydrogens (tertiary/aromatic N) is 2. The van der Waals surface area contributed by atoms with E-state index in [1.807, 2.05) is 0 Å². The zero-order valence-electron chi connectivity index (χ0n) is 9.15. The van der Waals surface area contributed by atoms with Crippen LogP contribution in [0.25, 0.3) is 0 Å². The fraction of sp³-hybridized carbons (Fsp3) is 0.273. The molecule has 17 heavy (non-hydrogen) atoms. The number of carbonyl (C=O) groups excluding carboxylic acids is 1. The maximum absolute atomic E-state index is 13.0. The van der Waals surface area contributed by atoms with Crippen molar-refractivity contribution in [3.8, 4) is 0 Å². The predicted octanol–water partition coefficient (Wildman–Crippen LogP) is 1.18. The van der Waals surface area contributed by atoms with E-state index < -0.39 is 17.7 Å². The van der Waals surface area contributed by atoms with Gasteiger partial charge < -0.3 is 5.73 Å². The van der Waals surface area contributed by atoms with E-state index in [4.69, 9.17) is 5.73 Å². The van der Waals surface area contributed by atoms with Crippen LogP contribution in [0.3, 0.4) is 0 Å². The topological polar surface area (TPSA) is 58.7 Å². The molecule has 2 rings (SSSR count). The van der Waals surface area contributed by atoms with Crippen LogP contribution in [0.1, 0.15) is 18.0 Å². The van der Waals surface area contributed by atoms with Crippen LogP contribution >= 0.6 is 0 Å². The minimum Gasteiger partial charge on any atom is -0.369 e. The molecule has 1 heterocycles. The van der Waals surface area contributed by atoms with E-state index in [0.29, 0.717) is 5.56 Å². The Morgan fingerprint density at radius 3 is 2.47 bits per heavy atom. The summed E-state index contributed by atoms with van der Waals surface area (Å²) < 4.78 is 26.1. The number of guanidine groups is 1. The number of benzene rings is 1. The molecule has 0 radical (unpaired) electrons. The lowest BCUT2D eigenvalue weighted by Crippen LogP contribution is -2.42. The summed E-state index contributed by atoms with van der Waals surface area (Å²) in [6.45, 7) is 0. The molecular weight excluding hydrogens is 228 g/mol. The second-order valence-electron chi connectivity index (χ2n) is 3.86. The second kappa shape index (κ2) is 4.12. The van der Waals surface area contributed by atoms with Crippen LogP contribution in [-0.4, -0.2) is 23.8 Å². The molecule has 1 aliphatic heterocycles. The highest BCUT2D eigenvalue weighted by molar-refractivity contribution is 5.98. The molecule has 1 aromatic rings. The molecule has 0 fully saturated rings. The standard InChI is InChI=1S/C11H11F2N3O/c1-16-10(17)5-9(15-11(16)14)6-2-7(12)4-8(13)3-6/h2-4,9H,5H2,1H3,(H2,14,15). The van der Waals surface area contributed by atoms with Gasteiger partial charge in [-0.1, -0.05) is 0 Å². The number of halogens is 2. The molecule has 4 nitrogen and oxygen atoms in total. The van der Waals surface area contributed by atoms with Crippen molar-refractivity contribution in [2.75, 3.05) is 7.05 Å². The third-order valence-corrected chi connectivity index (χ3v) is 2.64. The van der Waals surface area contributed by atoms with Crippen molar-refractivity contribution in [2.45, 2.75) is 12.5 Å². The zero-order valence-corrected chi connectivity index (χ0v) is 9.15. The first-order valence-electron chi connectivity index (χ1n) is 5.03. The Morgan fingerprint density at radius 2 is 1.94 bits per heavy atom.